The Balaban J connectivity index is 1.83. The van der Waals surface area contributed by atoms with Gasteiger partial charge in [0.2, 0.25) is 17.7 Å². The fraction of sp³-hybridized carbons (Fsp3) is 0.281. The van der Waals surface area contributed by atoms with Crippen molar-refractivity contribution in [3.8, 4) is 5.75 Å². The van der Waals surface area contributed by atoms with Crippen molar-refractivity contribution in [2.24, 2.45) is 5.73 Å². The number of carboxylic acid groups (broad SMARTS) is 2. The predicted molar refractivity (Wildman–Crippen MR) is 160 cm³/mol. The maximum Gasteiger partial charge on any atom is 0.326 e. The molecule has 3 aromatic rings. The van der Waals surface area contributed by atoms with Crippen molar-refractivity contribution in [2.45, 2.75) is 56.3 Å². The fourth-order valence-electron chi connectivity index (χ4n) is 4.45. The summed E-state index contributed by atoms with van der Waals surface area (Å²) >= 11 is 0. The van der Waals surface area contributed by atoms with E-state index in [0.29, 0.717) is 5.56 Å². The van der Waals surface area contributed by atoms with Gasteiger partial charge in [-0.15, -0.1) is 0 Å². The molecule has 0 spiro atoms. The molecule has 3 rings (SSSR count). The Morgan fingerprint density at radius 2 is 1.02 bits per heavy atom. The van der Waals surface area contributed by atoms with E-state index in [4.69, 9.17) is 10.8 Å². The number of aliphatic carboxylic acids is 2. The van der Waals surface area contributed by atoms with Crippen molar-refractivity contribution in [2.75, 3.05) is 0 Å². The van der Waals surface area contributed by atoms with E-state index in [1.165, 1.54) is 24.3 Å². The van der Waals surface area contributed by atoms with Crippen LogP contribution in [0.25, 0.3) is 0 Å². The highest BCUT2D eigenvalue weighted by Crippen LogP contribution is 2.13. The average Bonchev–Trinajstić information content (AvgIpc) is 3.00. The molecule has 232 valence electrons. The molecule has 0 radical (unpaired) electrons. The van der Waals surface area contributed by atoms with Gasteiger partial charge in [0.1, 0.15) is 23.9 Å². The van der Waals surface area contributed by atoms with Gasteiger partial charge >= 0.3 is 11.9 Å². The Morgan fingerprint density at radius 1 is 0.591 bits per heavy atom. The van der Waals surface area contributed by atoms with Crippen LogP contribution in [0.4, 0.5) is 0 Å². The van der Waals surface area contributed by atoms with E-state index in [9.17, 15) is 34.2 Å². The number of phenols is 1. The molecule has 3 aromatic carbocycles. The molecule has 8 N–H and O–H groups in total. The Hall–Kier alpha value is -5.23. The molecule has 4 unspecified atom stereocenters. The lowest BCUT2D eigenvalue weighted by Gasteiger charge is -2.25. The predicted octanol–water partition coefficient (Wildman–Crippen LogP) is 1.15. The van der Waals surface area contributed by atoms with Gasteiger partial charge in [-0.3, -0.25) is 19.2 Å². The Labute approximate surface area is 254 Å². The average molecular weight is 605 g/mol. The van der Waals surface area contributed by atoms with Gasteiger partial charge in [0.25, 0.3) is 0 Å². The van der Waals surface area contributed by atoms with E-state index in [1.54, 1.807) is 30.3 Å². The number of hydrogen-bond donors (Lipinski definition) is 7. The van der Waals surface area contributed by atoms with Crippen LogP contribution in [0.5, 0.6) is 5.75 Å². The van der Waals surface area contributed by atoms with Crippen molar-refractivity contribution in [3.63, 3.8) is 0 Å². The number of rotatable bonds is 16. The molecule has 0 heterocycles. The molecular formula is C32H36N4O8. The van der Waals surface area contributed by atoms with Gasteiger partial charge in [0, 0.05) is 19.3 Å². The molecule has 44 heavy (non-hydrogen) atoms. The normalized spacial score (nSPS) is 13.5. The number of amides is 3. The fourth-order valence-corrected chi connectivity index (χ4v) is 4.45. The summed E-state index contributed by atoms with van der Waals surface area (Å²) in [7, 11) is 0. The Bertz CT molecular complexity index is 1420. The highest BCUT2D eigenvalue weighted by Gasteiger charge is 2.31. The minimum absolute atomic E-state index is 0.0177. The second kappa shape index (κ2) is 16.4. The summed E-state index contributed by atoms with van der Waals surface area (Å²) in [6, 6.07) is 18.9. The van der Waals surface area contributed by atoms with Crippen LogP contribution in [0.15, 0.2) is 84.9 Å². The summed E-state index contributed by atoms with van der Waals surface area (Å²) in [4.78, 5) is 62.8. The molecule has 12 heteroatoms. The lowest BCUT2D eigenvalue weighted by Crippen LogP contribution is -2.58. The monoisotopic (exact) mass is 604 g/mol. The third-order valence-electron chi connectivity index (χ3n) is 6.82. The number of carbonyl (C=O) groups is 5. The van der Waals surface area contributed by atoms with Gasteiger partial charge in [-0.25, -0.2) is 4.79 Å². The van der Waals surface area contributed by atoms with Crippen molar-refractivity contribution >= 4 is 29.7 Å². The highest BCUT2D eigenvalue weighted by molar-refractivity contribution is 5.94. The first-order chi connectivity index (χ1) is 21.0. The first-order valence-corrected chi connectivity index (χ1v) is 14.0. The maximum absolute atomic E-state index is 13.7. The number of nitrogens with two attached hydrogens (primary N) is 1. The van der Waals surface area contributed by atoms with E-state index in [0.717, 1.165) is 11.1 Å². The first kappa shape index (κ1) is 33.3. The number of aromatic hydroxyl groups is 1. The van der Waals surface area contributed by atoms with E-state index >= 15 is 0 Å². The van der Waals surface area contributed by atoms with E-state index in [1.807, 2.05) is 30.3 Å². The largest absolute Gasteiger partial charge is 0.508 e. The molecule has 0 saturated carbocycles. The third-order valence-corrected chi connectivity index (χ3v) is 6.82. The van der Waals surface area contributed by atoms with Gasteiger partial charge in [0.05, 0.1) is 6.04 Å². The number of benzene rings is 3. The lowest BCUT2D eigenvalue weighted by molar-refractivity contribution is -0.143. The van der Waals surface area contributed by atoms with Crippen LogP contribution in [0, 0.1) is 0 Å². The third kappa shape index (κ3) is 10.9. The van der Waals surface area contributed by atoms with Gasteiger partial charge < -0.3 is 37.0 Å². The molecule has 0 aromatic heterocycles. The highest BCUT2D eigenvalue weighted by atomic mass is 16.4. The molecule has 0 aliphatic rings. The number of phenolic OH excluding ortho intramolecular Hbond substituents is 1. The number of carboxylic acids is 2. The van der Waals surface area contributed by atoms with Gasteiger partial charge in [-0.05, 0) is 41.7 Å². The van der Waals surface area contributed by atoms with Gasteiger partial charge in [-0.2, -0.15) is 0 Å². The number of hydrogen-bond acceptors (Lipinski definition) is 7. The number of nitrogens with one attached hydrogen (secondary N) is 3. The van der Waals surface area contributed by atoms with Crippen LogP contribution < -0.4 is 21.7 Å². The summed E-state index contributed by atoms with van der Waals surface area (Å²) in [6.07, 6.45) is -0.670. The smallest absolute Gasteiger partial charge is 0.326 e. The van der Waals surface area contributed by atoms with Crippen molar-refractivity contribution in [3.05, 3.63) is 102 Å². The molecule has 3 amide bonds. The van der Waals surface area contributed by atoms with Crippen LogP contribution in [-0.2, 0) is 43.2 Å². The molecule has 12 nitrogen and oxygen atoms in total. The Kier molecular flexibility index (Phi) is 12.4. The standard InChI is InChI=1S/C32H36N4O8/c33-24(17-20-7-3-1-4-8-20)29(40)35-26(18-21-9-5-2-6-10-21)31(42)36-27(19-22-11-13-23(37)14-12-22)30(41)34-25(32(43)44)15-16-28(38)39/h1-14,24-27,37H,15-19,33H2,(H,34,41)(H,35,40)(H,36,42)(H,38,39)(H,43,44). The summed E-state index contributed by atoms with van der Waals surface area (Å²) in [5, 5.41) is 35.8. The summed E-state index contributed by atoms with van der Waals surface area (Å²) in [5.41, 5.74) is 8.26. The van der Waals surface area contributed by atoms with Gasteiger partial charge in [0.15, 0.2) is 0 Å². The van der Waals surface area contributed by atoms with Crippen LogP contribution in [-0.4, -0.2) is 69.1 Å². The molecule has 0 saturated heterocycles. The summed E-state index contributed by atoms with van der Waals surface area (Å²) in [6.45, 7) is 0. The second-order valence-corrected chi connectivity index (χ2v) is 10.3. The Morgan fingerprint density at radius 3 is 1.50 bits per heavy atom. The van der Waals surface area contributed by atoms with Crippen molar-refractivity contribution in [1.29, 1.82) is 0 Å². The van der Waals surface area contributed by atoms with Crippen LogP contribution in [0.1, 0.15) is 29.5 Å². The van der Waals surface area contributed by atoms with E-state index in [2.05, 4.69) is 16.0 Å². The molecule has 0 fully saturated rings. The molecule has 0 aliphatic heterocycles. The topological polar surface area (TPSA) is 208 Å². The van der Waals surface area contributed by atoms with Crippen LogP contribution in [0.2, 0.25) is 0 Å². The summed E-state index contributed by atoms with van der Waals surface area (Å²) < 4.78 is 0. The van der Waals surface area contributed by atoms with Crippen molar-refractivity contribution < 1.29 is 39.3 Å². The quantitative estimate of drug-likeness (QED) is 0.125. The molecule has 4 atom stereocenters. The maximum atomic E-state index is 13.7. The summed E-state index contributed by atoms with van der Waals surface area (Å²) in [5.74, 6) is -4.85. The first-order valence-electron chi connectivity index (χ1n) is 14.0. The SMILES string of the molecule is NC(Cc1ccccc1)C(=O)NC(Cc1ccccc1)C(=O)NC(Cc1ccc(O)cc1)C(=O)NC(CCC(=O)O)C(=O)O. The van der Waals surface area contributed by atoms with Gasteiger partial charge in [-0.1, -0.05) is 72.8 Å². The zero-order valence-corrected chi connectivity index (χ0v) is 23.9. The molecular weight excluding hydrogens is 568 g/mol. The minimum atomic E-state index is -1.52. The minimum Gasteiger partial charge on any atom is -0.508 e. The zero-order valence-electron chi connectivity index (χ0n) is 23.9. The second-order valence-electron chi connectivity index (χ2n) is 10.3. The zero-order chi connectivity index (χ0) is 32.1. The lowest BCUT2D eigenvalue weighted by atomic mass is 10.0. The number of carbonyl (C=O) groups excluding carboxylic acids is 3. The van der Waals surface area contributed by atoms with Crippen LogP contribution >= 0.6 is 0 Å². The molecule has 0 bridgehead atoms. The van der Waals surface area contributed by atoms with Crippen LogP contribution in [0.3, 0.4) is 0 Å². The molecule has 0 aliphatic carbocycles. The van der Waals surface area contributed by atoms with E-state index in [-0.39, 0.29) is 31.4 Å². The van der Waals surface area contributed by atoms with E-state index < -0.39 is 60.2 Å². The van der Waals surface area contributed by atoms with Crippen molar-refractivity contribution in [1.82, 2.24) is 16.0 Å².